The normalized spacial score (nSPS) is 11.5. The first-order valence-corrected chi connectivity index (χ1v) is 10.8. The summed E-state index contributed by atoms with van der Waals surface area (Å²) in [4.78, 5) is 4.77. The summed E-state index contributed by atoms with van der Waals surface area (Å²) < 4.78 is 5.86. The lowest BCUT2D eigenvalue weighted by molar-refractivity contribution is 0.584. The van der Waals surface area contributed by atoms with E-state index in [9.17, 15) is 0 Å². The summed E-state index contributed by atoms with van der Waals surface area (Å²) >= 11 is 0. The van der Waals surface area contributed by atoms with Crippen molar-refractivity contribution < 1.29 is 4.42 Å². The van der Waals surface area contributed by atoms with Gasteiger partial charge in [-0.15, -0.1) is 10.2 Å². The number of aliphatic imine (C=N–C) groups is 1. The van der Waals surface area contributed by atoms with Gasteiger partial charge in [-0.2, -0.15) is 0 Å². The van der Waals surface area contributed by atoms with Crippen molar-refractivity contribution >= 4 is 33.4 Å². The molecule has 4 heteroatoms. The second-order valence-corrected chi connectivity index (χ2v) is 7.82. The van der Waals surface area contributed by atoms with E-state index in [1.165, 1.54) is 21.5 Å². The molecule has 6 rings (SSSR count). The summed E-state index contributed by atoms with van der Waals surface area (Å²) in [6.07, 6.45) is 1.96. The van der Waals surface area contributed by atoms with E-state index < -0.39 is 0 Å². The fraction of sp³-hybridized carbons (Fsp3) is 0. The van der Waals surface area contributed by atoms with E-state index in [1.54, 1.807) is 0 Å². The Labute approximate surface area is 190 Å². The maximum Gasteiger partial charge on any atom is 0.248 e. The zero-order valence-corrected chi connectivity index (χ0v) is 17.7. The summed E-state index contributed by atoms with van der Waals surface area (Å²) in [5, 5.41) is 13.2. The molecule has 0 aliphatic heterocycles. The highest BCUT2D eigenvalue weighted by Crippen LogP contribution is 2.29. The van der Waals surface area contributed by atoms with Crippen LogP contribution in [0.3, 0.4) is 0 Å². The third-order valence-electron chi connectivity index (χ3n) is 5.72. The summed E-state index contributed by atoms with van der Waals surface area (Å²) in [6.45, 7) is 0. The average molecular weight is 425 g/mol. The molecular weight excluding hydrogens is 406 g/mol. The van der Waals surface area contributed by atoms with Crippen LogP contribution in [0.2, 0.25) is 0 Å². The molecular formula is C29H19N3O. The van der Waals surface area contributed by atoms with E-state index in [0.717, 1.165) is 22.4 Å². The van der Waals surface area contributed by atoms with Gasteiger partial charge in [-0.3, -0.25) is 4.99 Å². The molecule has 0 saturated carbocycles. The lowest BCUT2D eigenvalue weighted by Crippen LogP contribution is -1.88. The number of fused-ring (bicyclic) bond motifs is 2. The van der Waals surface area contributed by atoms with Crippen LogP contribution in [-0.4, -0.2) is 16.4 Å². The monoisotopic (exact) mass is 425 g/mol. The molecule has 0 fully saturated rings. The van der Waals surface area contributed by atoms with Crippen molar-refractivity contribution in [2.75, 3.05) is 0 Å². The Morgan fingerprint density at radius 3 is 1.76 bits per heavy atom. The quantitative estimate of drug-likeness (QED) is 0.217. The van der Waals surface area contributed by atoms with E-state index in [2.05, 4.69) is 64.8 Å². The molecule has 0 spiro atoms. The lowest BCUT2D eigenvalue weighted by Gasteiger charge is -2.08. The fourth-order valence-corrected chi connectivity index (χ4v) is 4.05. The van der Waals surface area contributed by atoms with Crippen molar-refractivity contribution in [3.8, 4) is 22.9 Å². The molecule has 4 nitrogen and oxygen atoms in total. The van der Waals surface area contributed by atoms with Gasteiger partial charge in [0.1, 0.15) is 0 Å². The number of benzene rings is 5. The van der Waals surface area contributed by atoms with Gasteiger partial charge in [-0.1, -0.05) is 66.7 Å². The van der Waals surface area contributed by atoms with Crippen molar-refractivity contribution in [1.82, 2.24) is 10.2 Å². The molecule has 0 amide bonds. The second kappa shape index (κ2) is 8.17. The van der Waals surface area contributed by atoms with E-state index in [0.29, 0.717) is 11.8 Å². The second-order valence-electron chi connectivity index (χ2n) is 7.82. The van der Waals surface area contributed by atoms with Crippen LogP contribution in [0.5, 0.6) is 0 Å². The Morgan fingerprint density at radius 2 is 1.12 bits per heavy atom. The molecule has 33 heavy (non-hydrogen) atoms. The van der Waals surface area contributed by atoms with Gasteiger partial charge in [0.25, 0.3) is 0 Å². The molecule has 0 saturated heterocycles. The van der Waals surface area contributed by atoms with Gasteiger partial charge in [0.15, 0.2) is 0 Å². The highest BCUT2D eigenvalue weighted by molar-refractivity contribution is 6.13. The van der Waals surface area contributed by atoms with Gasteiger partial charge in [0.05, 0.1) is 5.69 Å². The summed E-state index contributed by atoms with van der Waals surface area (Å²) in [6, 6.07) is 36.7. The largest absolute Gasteiger partial charge is 0.416 e. The van der Waals surface area contributed by atoms with Gasteiger partial charge in [0, 0.05) is 22.9 Å². The Hall–Kier alpha value is -4.57. The number of hydrogen-bond donors (Lipinski definition) is 0. The van der Waals surface area contributed by atoms with Crippen molar-refractivity contribution in [2.24, 2.45) is 4.99 Å². The number of rotatable bonds is 4. The highest BCUT2D eigenvalue weighted by Gasteiger charge is 2.10. The standard InChI is InChI=1S/C29H19N3O/c1-2-8-20(9-3-1)28-31-32-29(33-28)21-14-16-24(17-15-21)30-19-27-25-12-6-4-10-22(25)18-23-11-5-7-13-26(23)27/h1-19H. The van der Waals surface area contributed by atoms with Crippen molar-refractivity contribution in [1.29, 1.82) is 0 Å². The van der Waals surface area contributed by atoms with Gasteiger partial charge in [-0.25, -0.2) is 0 Å². The van der Waals surface area contributed by atoms with Gasteiger partial charge in [-0.05, 0) is 64.0 Å². The maximum atomic E-state index is 5.86. The molecule has 156 valence electrons. The van der Waals surface area contributed by atoms with Crippen LogP contribution in [0.4, 0.5) is 5.69 Å². The van der Waals surface area contributed by atoms with Crippen molar-refractivity contribution in [3.63, 3.8) is 0 Å². The van der Waals surface area contributed by atoms with Crippen LogP contribution >= 0.6 is 0 Å². The zero-order chi connectivity index (χ0) is 22.0. The summed E-state index contributed by atoms with van der Waals surface area (Å²) in [5.41, 5.74) is 3.75. The van der Waals surface area contributed by atoms with E-state index in [-0.39, 0.29) is 0 Å². The number of hydrogen-bond acceptors (Lipinski definition) is 4. The Morgan fingerprint density at radius 1 is 0.576 bits per heavy atom. The van der Waals surface area contributed by atoms with Gasteiger partial charge < -0.3 is 4.42 Å². The van der Waals surface area contributed by atoms with Crippen LogP contribution in [0.15, 0.2) is 119 Å². The van der Waals surface area contributed by atoms with Gasteiger partial charge in [0.2, 0.25) is 11.8 Å². The predicted octanol–water partition coefficient (Wildman–Crippen LogP) is 7.46. The van der Waals surface area contributed by atoms with Gasteiger partial charge >= 0.3 is 0 Å². The van der Waals surface area contributed by atoms with E-state index in [4.69, 9.17) is 9.41 Å². The van der Waals surface area contributed by atoms with Crippen LogP contribution in [-0.2, 0) is 0 Å². The first kappa shape index (κ1) is 19.1. The van der Waals surface area contributed by atoms with E-state index >= 15 is 0 Å². The van der Waals surface area contributed by atoms with Crippen LogP contribution in [0.1, 0.15) is 5.56 Å². The average Bonchev–Trinajstić information content (AvgIpc) is 3.38. The zero-order valence-electron chi connectivity index (χ0n) is 17.7. The Bertz CT molecular complexity index is 1550. The van der Waals surface area contributed by atoms with Crippen molar-refractivity contribution in [3.05, 3.63) is 115 Å². The smallest absolute Gasteiger partial charge is 0.248 e. The number of nitrogens with zero attached hydrogens (tertiary/aromatic N) is 3. The minimum atomic E-state index is 0.490. The molecule has 0 unspecified atom stereocenters. The predicted molar refractivity (Wildman–Crippen MR) is 134 cm³/mol. The first-order chi connectivity index (χ1) is 16.3. The number of aromatic nitrogens is 2. The summed E-state index contributed by atoms with van der Waals surface area (Å²) in [7, 11) is 0. The first-order valence-electron chi connectivity index (χ1n) is 10.8. The fourth-order valence-electron chi connectivity index (χ4n) is 4.05. The molecule has 0 aliphatic carbocycles. The Kier molecular flexibility index (Phi) is 4.74. The topological polar surface area (TPSA) is 51.3 Å². The lowest BCUT2D eigenvalue weighted by atomic mass is 9.97. The SMILES string of the molecule is C(=Nc1ccc(-c2nnc(-c3ccccc3)o2)cc1)c1c2ccccc2cc2ccccc12. The molecule has 1 heterocycles. The molecule has 0 aliphatic rings. The third-order valence-corrected chi connectivity index (χ3v) is 5.72. The molecule has 0 radical (unpaired) electrons. The third kappa shape index (κ3) is 3.68. The molecule has 1 aromatic heterocycles. The molecule has 0 atom stereocenters. The molecule has 6 aromatic rings. The minimum Gasteiger partial charge on any atom is -0.416 e. The van der Waals surface area contributed by atoms with Crippen LogP contribution in [0, 0.1) is 0 Å². The maximum absolute atomic E-state index is 5.86. The molecule has 5 aromatic carbocycles. The van der Waals surface area contributed by atoms with Crippen molar-refractivity contribution in [2.45, 2.75) is 0 Å². The minimum absolute atomic E-state index is 0.490. The Balaban J connectivity index is 1.32. The summed E-state index contributed by atoms with van der Waals surface area (Å²) in [5.74, 6) is 1.000. The highest BCUT2D eigenvalue weighted by atomic mass is 16.4. The van der Waals surface area contributed by atoms with Crippen LogP contribution in [0.25, 0.3) is 44.5 Å². The van der Waals surface area contributed by atoms with Crippen LogP contribution < -0.4 is 0 Å². The molecule has 0 bridgehead atoms. The van der Waals surface area contributed by atoms with E-state index in [1.807, 2.05) is 60.8 Å². The molecule has 0 N–H and O–H groups in total.